The normalized spacial score (nSPS) is 15.8. The van der Waals surface area contributed by atoms with Crippen molar-refractivity contribution < 1.29 is 9.30 Å². The molecule has 0 atom stereocenters. The second kappa shape index (κ2) is 11.6. The van der Waals surface area contributed by atoms with Crippen LogP contribution in [0.25, 0.3) is 0 Å². The van der Waals surface area contributed by atoms with Crippen molar-refractivity contribution in [2.75, 3.05) is 9.80 Å². The van der Waals surface area contributed by atoms with E-state index < -0.39 is 7.14 Å². The van der Waals surface area contributed by atoms with Gasteiger partial charge in [0.05, 0.1) is 38.7 Å². The molecule has 55 heavy (non-hydrogen) atoms. The summed E-state index contributed by atoms with van der Waals surface area (Å²) in [7, 11) is -3.50. The van der Waals surface area contributed by atoms with Crippen LogP contribution in [0.15, 0.2) is 84.9 Å². The maximum absolute atomic E-state index is 17.1. The van der Waals surface area contributed by atoms with Crippen molar-refractivity contribution >= 4 is 57.2 Å². The molecule has 0 bridgehead atoms. The molecule has 0 radical (unpaired) electrons. The van der Waals surface area contributed by atoms with Gasteiger partial charge >= 0.3 is 0 Å². The molecule has 3 aliphatic rings. The van der Waals surface area contributed by atoms with Crippen LogP contribution < -0.4 is 30.5 Å². The van der Waals surface area contributed by atoms with E-state index in [-0.39, 0.29) is 27.1 Å². The lowest BCUT2D eigenvalue weighted by Crippen LogP contribution is -2.46. The molecule has 286 valence electrons. The summed E-state index contributed by atoms with van der Waals surface area (Å²) in [5.74, 6) is 1.40. The van der Waals surface area contributed by atoms with Gasteiger partial charge in [-0.3, -0.25) is 0 Å². The van der Waals surface area contributed by atoms with Gasteiger partial charge in [-0.05, 0) is 116 Å². The van der Waals surface area contributed by atoms with E-state index in [4.69, 9.17) is 4.74 Å². The van der Waals surface area contributed by atoms with Crippen molar-refractivity contribution in [1.82, 2.24) is 0 Å². The largest absolute Gasteiger partial charge is 0.456 e. The van der Waals surface area contributed by atoms with Crippen LogP contribution in [-0.2, 0) is 31.6 Å². The van der Waals surface area contributed by atoms with Crippen molar-refractivity contribution in [3.8, 4) is 11.5 Å². The summed E-state index contributed by atoms with van der Waals surface area (Å²) < 4.78 is 24.2. The Kier molecular flexibility index (Phi) is 7.97. The zero-order valence-electron chi connectivity index (χ0n) is 35.7. The van der Waals surface area contributed by atoms with Gasteiger partial charge in [0, 0.05) is 11.4 Å². The maximum Gasteiger partial charge on any atom is 0.186 e. The van der Waals surface area contributed by atoms with Crippen molar-refractivity contribution in [2.45, 2.75) is 131 Å². The number of hydrogen-bond donors (Lipinski definition) is 0. The van der Waals surface area contributed by atoms with Crippen LogP contribution in [0.1, 0.15) is 132 Å². The molecule has 5 aromatic rings. The molecule has 0 saturated carbocycles. The lowest BCUT2D eigenvalue weighted by Gasteiger charge is -2.48. The Morgan fingerprint density at radius 1 is 0.382 bits per heavy atom. The van der Waals surface area contributed by atoms with Gasteiger partial charge in [-0.15, -0.1) is 0 Å². The second-order valence-electron chi connectivity index (χ2n) is 21.3. The first-order valence-electron chi connectivity index (χ1n) is 20.0. The van der Waals surface area contributed by atoms with Gasteiger partial charge in [-0.2, -0.15) is 0 Å². The Balaban J connectivity index is 1.55. The molecule has 0 N–H and O–H groups in total. The van der Waals surface area contributed by atoms with Crippen molar-refractivity contribution in [2.24, 2.45) is 0 Å². The number of rotatable bonds is 2. The van der Waals surface area contributed by atoms with E-state index in [0.29, 0.717) is 11.5 Å². The topological polar surface area (TPSA) is 32.8 Å². The van der Waals surface area contributed by atoms with E-state index >= 15 is 4.57 Å². The average Bonchev–Trinajstić information content (AvgIpc) is 3.06. The summed E-state index contributed by atoms with van der Waals surface area (Å²) in [6, 6.07) is 31.6. The lowest BCUT2D eigenvalue weighted by atomic mass is 9.84. The van der Waals surface area contributed by atoms with E-state index in [9.17, 15) is 0 Å². The zero-order valence-corrected chi connectivity index (χ0v) is 36.6. The third-order valence-corrected chi connectivity index (χ3v) is 15.1. The third kappa shape index (κ3) is 5.80. The minimum Gasteiger partial charge on any atom is -0.456 e. The molecule has 0 unspecified atom stereocenters. The highest BCUT2D eigenvalue weighted by Gasteiger charge is 2.55. The SMILES string of the molecule is CC(C)(C)c1ccc(N2c3cc(C(C)(C)C)cc4c3P3(=O)c5c(cc(C(C)(C)C)cc5N(c5ccc(C(C)(C)C)cc5)c5cc(C(C)(C)C)cc2c53)O4)cc1. The fraction of sp³-hybridized carbons (Fsp3) is 0.400. The second-order valence-corrected chi connectivity index (χ2v) is 23.8. The quantitative estimate of drug-likeness (QED) is 0.165. The van der Waals surface area contributed by atoms with E-state index in [1.165, 1.54) is 16.7 Å². The first-order chi connectivity index (χ1) is 25.3. The molecular formula is C50H59N2O2P. The monoisotopic (exact) mass is 750 g/mol. The molecule has 4 nitrogen and oxygen atoms in total. The fourth-order valence-corrected chi connectivity index (χ4v) is 11.8. The molecular weight excluding hydrogens is 692 g/mol. The van der Waals surface area contributed by atoms with Gasteiger partial charge in [0.2, 0.25) is 0 Å². The Morgan fingerprint density at radius 3 is 0.945 bits per heavy atom. The van der Waals surface area contributed by atoms with Crippen molar-refractivity contribution in [3.63, 3.8) is 0 Å². The zero-order chi connectivity index (χ0) is 40.0. The number of hydrogen-bond acceptors (Lipinski definition) is 4. The van der Waals surface area contributed by atoms with E-state index in [1.54, 1.807) is 0 Å². The Morgan fingerprint density at radius 2 is 0.655 bits per heavy atom. The first kappa shape index (κ1) is 37.6. The minimum atomic E-state index is -3.50. The number of benzene rings is 5. The van der Waals surface area contributed by atoms with E-state index in [1.807, 2.05) is 0 Å². The smallest absolute Gasteiger partial charge is 0.186 e. The van der Waals surface area contributed by atoms with Gasteiger partial charge in [0.1, 0.15) is 11.5 Å². The number of ether oxygens (including phenoxy) is 1. The standard InChI is InChI=1S/C50H59N2O2P/c1-46(2,3)30-16-20-35(21-17-30)51-37-24-32(48(7,8)9)25-38-43(37)55(53)44-39(51)26-33(49(10,11)12)28-41(44)54-42-29-34(50(13,14)15)27-40(45(42)55)52(38)36-22-18-31(19-23-36)47(4,5)6/h16-29H,1-15H3. The molecule has 5 heteroatoms. The molecule has 3 heterocycles. The molecule has 0 aliphatic carbocycles. The highest BCUT2D eigenvalue weighted by Crippen LogP contribution is 2.67. The highest BCUT2D eigenvalue weighted by atomic mass is 31.2. The van der Waals surface area contributed by atoms with Crippen LogP contribution in [0, 0.1) is 0 Å². The fourth-order valence-electron chi connectivity index (χ4n) is 8.37. The van der Waals surface area contributed by atoms with Crippen LogP contribution in [0.4, 0.5) is 34.1 Å². The molecule has 0 aromatic heterocycles. The van der Waals surface area contributed by atoms with Crippen LogP contribution >= 0.6 is 7.14 Å². The summed E-state index contributed by atoms with van der Waals surface area (Å²) in [6.45, 7) is 33.8. The molecule has 8 rings (SSSR count). The third-order valence-electron chi connectivity index (χ3n) is 11.9. The van der Waals surface area contributed by atoms with Crippen molar-refractivity contribution in [1.29, 1.82) is 0 Å². The van der Waals surface area contributed by atoms with Crippen molar-refractivity contribution in [3.05, 3.63) is 113 Å². The van der Waals surface area contributed by atoms with Gasteiger partial charge < -0.3 is 19.1 Å². The summed E-state index contributed by atoms with van der Waals surface area (Å²) in [4.78, 5) is 4.77. The lowest BCUT2D eigenvalue weighted by molar-refractivity contribution is 0.477. The number of anilines is 6. The van der Waals surface area contributed by atoms with Gasteiger partial charge in [-0.25, -0.2) is 0 Å². The minimum absolute atomic E-state index is 0.00959. The summed E-state index contributed by atoms with van der Waals surface area (Å²) in [5.41, 5.74) is 11.5. The molecule has 0 amide bonds. The molecule has 5 aromatic carbocycles. The molecule has 0 saturated heterocycles. The summed E-state index contributed by atoms with van der Waals surface area (Å²) >= 11 is 0. The summed E-state index contributed by atoms with van der Waals surface area (Å²) in [6.07, 6.45) is 0. The number of nitrogens with zero attached hydrogens (tertiary/aromatic N) is 2. The average molecular weight is 751 g/mol. The highest BCUT2D eigenvalue weighted by molar-refractivity contribution is 7.87. The molecule has 0 fully saturated rings. The Hall–Kier alpha value is -4.27. The molecule has 3 aliphatic heterocycles. The van der Waals surface area contributed by atoms with Gasteiger partial charge in [-0.1, -0.05) is 128 Å². The van der Waals surface area contributed by atoms with Crippen LogP contribution in [0.2, 0.25) is 0 Å². The Labute approximate surface area is 330 Å². The van der Waals surface area contributed by atoms with Gasteiger partial charge in [0.25, 0.3) is 0 Å². The Bertz CT molecular complexity index is 2280. The van der Waals surface area contributed by atoms with E-state index in [2.05, 4.69) is 199 Å². The molecule has 0 spiro atoms. The van der Waals surface area contributed by atoms with Gasteiger partial charge in [0.15, 0.2) is 7.14 Å². The predicted molar refractivity (Wildman–Crippen MR) is 236 cm³/mol. The predicted octanol–water partition coefficient (Wildman–Crippen LogP) is 13.5. The summed E-state index contributed by atoms with van der Waals surface area (Å²) in [5, 5.41) is 2.49. The van der Waals surface area contributed by atoms with E-state index in [0.717, 1.165) is 61.2 Å². The van der Waals surface area contributed by atoms with Crippen LogP contribution in [-0.4, -0.2) is 0 Å². The van der Waals surface area contributed by atoms with Crippen LogP contribution in [0.5, 0.6) is 11.5 Å². The maximum atomic E-state index is 17.1. The van der Waals surface area contributed by atoms with Crippen LogP contribution in [0.3, 0.4) is 0 Å². The first-order valence-corrected chi connectivity index (χ1v) is 21.7.